The molecular formula is C15H20N4OS. The largest absolute Gasteiger partial charge is 0.378 e. The molecule has 0 fully saturated rings. The highest BCUT2D eigenvalue weighted by Crippen LogP contribution is 2.19. The lowest BCUT2D eigenvalue weighted by Crippen LogP contribution is -2.13. The molecule has 1 heterocycles. The summed E-state index contributed by atoms with van der Waals surface area (Å²) in [4.78, 5) is 14.1. The van der Waals surface area contributed by atoms with Gasteiger partial charge >= 0.3 is 0 Å². The third-order valence-electron chi connectivity index (χ3n) is 2.92. The van der Waals surface area contributed by atoms with Gasteiger partial charge in [0.25, 0.3) is 5.91 Å². The molecule has 0 saturated heterocycles. The molecule has 0 atom stereocenters. The molecule has 1 aromatic carbocycles. The van der Waals surface area contributed by atoms with Crippen molar-refractivity contribution in [2.45, 2.75) is 20.3 Å². The highest BCUT2D eigenvalue weighted by molar-refractivity contribution is 7.15. The Kier molecular flexibility index (Phi) is 4.90. The summed E-state index contributed by atoms with van der Waals surface area (Å²) < 4.78 is 0. The Balaban J connectivity index is 2.02. The molecule has 2 aromatic rings. The van der Waals surface area contributed by atoms with Gasteiger partial charge in [-0.05, 0) is 30.2 Å². The highest BCUT2D eigenvalue weighted by Gasteiger charge is 2.11. The van der Waals surface area contributed by atoms with Gasteiger partial charge in [0.2, 0.25) is 5.13 Å². The molecule has 5 nitrogen and oxygen atoms in total. The Morgan fingerprint density at radius 3 is 2.48 bits per heavy atom. The van der Waals surface area contributed by atoms with Crippen molar-refractivity contribution in [1.29, 1.82) is 0 Å². The first-order valence-corrected chi connectivity index (χ1v) is 7.68. The number of anilines is 2. The minimum Gasteiger partial charge on any atom is -0.378 e. The lowest BCUT2D eigenvalue weighted by atomic mass is 10.1. The summed E-state index contributed by atoms with van der Waals surface area (Å²) in [5.74, 6) is 0.368. The van der Waals surface area contributed by atoms with E-state index in [1.165, 1.54) is 11.3 Å². The van der Waals surface area contributed by atoms with Crippen LogP contribution in [0.4, 0.5) is 10.8 Å². The van der Waals surface area contributed by atoms with Gasteiger partial charge in [-0.2, -0.15) is 0 Å². The fourth-order valence-corrected chi connectivity index (χ4v) is 2.76. The molecule has 0 aliphatic rings. The van der Waals surface area contributed by atoms with Crippen molar-refractivity contribution in [2.24, 2.45) is 5.92 Å². The number of rotatable bonds is 5. The van der Waals surface area contributed by atoms with E-state index >= 15 is 0 Å². The lowest BCUT2D eigenvalue weighted by Gasteiger charge is -2.12. The van der Waals surface area contributed by atoms with Crippen LogP contribution in [0.5, 0.6) is 0 Å². The maximum atomic E-state index is 12.1. The van der Waals surface area contributed by atoms with Gasteiger partial charge in [0.15, 0.2) is 0 Å². The summed E-state index contributed by atoms with van der Waals surface area (Å²) in [6, 6.07) is 7.44. The second-order valence-corrected chi connectivity index (χ2v) is 6.56. The summed E-state index contributed by atoms with van der Waals surface area (Å²) in [5, 5.41) is 12.4. The Hall–Kier alpha value is -1.95. The van der Waals surface area contributed by atoms with E-state index in [1.807, 2.05) is 31.1 Å². The van der Waals surface area contributed by atoms with Crippen LogP contribution >= 0.6 is 11.3 Å². The van der Waals surface area contributed by atoms with E-state index in [-0.39, 0.29) is 5.91 Å². The normalized spacial score (nSPS) is 10.7. The Morgan fingerprint density at radius 2 is 1.90 bits per heavy atom. The van der Waals surface area contributed by atoms with Gasteiger partial charge in [-0.25, -0.2) is 0 Å². The van der Waals surface area contributed by atoms with E-state index < -0.39 is 0 Å². The average Bonchev–Trinajstić information content (AvgIpc) is 2.85. The van der Waals surface area contributed by atoms with Gasteiger partial charge in [-0.1, -0.05) is 25.2 Å². The third-order valence-corrected chi connectivity index (χ3v) is 3.78. The molecule has 112 valence electrons. The van der Waals surface area contributed by atoms with Crippen LogP contribution in [0.25, 0.3) is 0 Å². The summed E-state index contributed by atoms with van der Waals surface area (Å²) in [5.41, 5.74) is 1.67. The molecule has 2 rings (SSSR count). The van der Waals surface area contributed by atoms with E-state index in [9.17, 15) is 4.79 Å². The van der Waals surface area contributed by atoms with E-state index in [1.54, 1.807) is 12.1 Å². The van der Waals surface area contributed by atoms with Crippen molar-refractivity contribution in [2.75, 3.05) is 24.3 Å². The lowest BCUT2D eigenvalue weighted by molar-refractivity contribution is 0.102. The number of nitrogens with one attached hydrogen (secondary N) is 1. The molecule has 0 aliphatic heterocycles. The smallest absolute Gasteiger partial charge is 0.257 e. The predicted octanol–water partition coefficient (Wildman–Crippen LogP) is 3.05. The molecule has 0 bridgehead atoms. The zero-order chi connectivity index (χ0) is 15.4. The minimum atomic E-state index is -0.160. The SMILES string of the molecule is CC(C)Cc1nnc(NC(=O)c2ccc(N(C)C)cc2)s1. The number of benzene rings is 1. The highest BCUT2D eigenvalue weighted by atomic mass is 32.1. The number of aromatic nitrogens is 2. The first-order valence-electron chi connectivity index (χ1n) is 6.87. The summed E-state index contributed by atoms with van der Waals surface area (Å²) >= 11 is 1.43. The van der Waals surface area contributed by atoms with Crippen LogP contribution in [-0.2, 0) is 6.42 Å². The zero-order valence-corrected chi connectivity index (χ0v) is 13.6. The fraction of sp³-hybridized carbons (Fsp3) is 0.400. The summed E-state index contributed by atoms with van der Waals surface area (Å²) in [6.45, 7) is 4.26. The minimum absolute atomic E-state index is 0.160. The maximum Gasteiger partial charge on any atom is 0.257 e. The second-order valence-electron chi connectivity index (χ2n) is 5.49. The monoisotopic (exact) mass is 304 g/mol. The standard InChI is InChI=1S/C15H20N4OS/c1-10(2)9-13-17-18-15(21-13)16-14(20)11-5-7-12(8-6-11)19(3)4/h5-8,10H,9H2,1-4H3,(H,16,18,20). The number of nitrogens with zero attached hydrogens (tertiary/aromatic N) is 3. The van der Waals surface area contributed by atoms with Gasteiger partial charge in [0.1, 0.15) is 5.01 Å². The second kappa shape index (κ2) is 6.67. The molecule has 6 heteroatoms. The van der Waals surface area contributed by atoms with Crippen LogP contribution in [0.1, 0.15) is 29.2 Å². The average molecular weight is 304 g/mol. The van der Waals surface area contributed by atoms with Gasteiger partial charge < -0.3 is 4.90 Å². The van der Waals surface area contributed by atoms with Crippen LogP contribution < -0.4 is 10.2 Å². The number of amides is 1. The van der Waals surface area contributed by atoms with Crippen molar-refractivity contribution >= 4 is 28.1 Å². The molecule has 1 aromatic heterocycles. The van der Waals surface area contributed by atoms with Crippen molar-refractivity contribution in [3.05, 3.63) is 34.8 Å². The first kappa shape index (κ1) is 15.4. The van der Waals surface area contributed by atoms with E-state index in [0.29, 0.717) is 16.6 Å². The van der Waals surface area contributed by atoms with Crippen LogP contribution in [0, 0.1) is 5.92 Å². The maximum absolute atomic E-state index is 12.1. The molecule has 1 N–H and O–H groups in total. The first-order chi connectivity index (χ1) is 9.95. The molecule has 21 heavy (non-hydrogen) atoms. The van der Waals surface area contributed by atoms with Crippen molar-refractivity contribution in [1.82, 2.24) is 10.2 Å². The molecule has 1 amide bonds. The van der Waals surface area contributed by atoms with Crippen molar-refractivity contribution in [3.63, 3.8) is 0 Å². The van der Waals surface area contributed by atoms with Crippen LogP contribution in [0.15, 0.2) is 24.3 Å². The number of carbonyl (C=O) groups is 1. The quantitative estimate of drug-likeness (QED) is 0.922. The Morgan fingerprint density at radius 1 is 1.24 bits per heavy atom. The van der Waals surface area contributed by atoms with Gasteiger partial charge in [-0.3, -0.25) is 10.1 Å². The van der Waals surface area contributed by atoms with Gasteiger partial charge in [0.05, 0.1) is 0 Å². The van der Waals surface area contributed by atoms with E-state index in [4.69, 9.17) is 0 Å². The predicted molar refractivity (Wildman–Crippen MR) is 87.2 cm³/mol. The van der Waals surface area contributed by atoms with Crippen molar-refractivity contribution < 1.29 is 4.79 Å². The van der Waals surface area contributed by atoms with Crippen LogP contribution in [0.2, 0.25) is 0 Å². The number of hydrogen-bond acceptors (Lipinski definition) is 5. The third kappa shape index (κ3) is 4.26. The van der Waals surface area contributed by atoms with Crippen LogP contribution in [0.3, 0.4) is 0 Å². The topological polar surface area (TPSA) is 58.1 Å². The molecule has 0 saturated carbocycles. The number of carbonyl (C=O) groups excluding carboxylic acids is 1. The molecule has 0 aliphatic carbocycles. The summed E-state index contributed by atoms with van der Waals surface area (Å²) in [7, 11) is 3.93. The van der Waals surface area contributed by atoms with Gasteiger partial charge in [0, 0.05) is 31.8 Å². The molecular weight excluding hydrogens is 284 g/mol. The number of hydrogen-bond donors (Lipinski definition) is 1. The zero-order valence-electron chi connectivity index (χ0n) is 12.8. The fourth-order valence-electron chi connectivity index (χ4n) is 1.82. The Labute approximate surface area is 129 Å². The van der Waals surface area contributed by atoms with Gasteiger partial charge in [-0.15, -0.1) is 10.2 Å². The van der Waals surface area contributed by atoms with E-state index in [2.05, 4.69) is 29.4 Å². The van der Waals surface area contributed by atoms with E-state index in [0.717, 1.165) is 17.1 Å². The molecule has 0 radical (unpaired) electrons. The summed E-state index contributed by atoms with van der Waals surface area (Å²) in [6.07, 6.45) is 0.880. The van der Waals surface area contributed by atoms with Crippen LogP contribution in [-0.4, -0.2) is 30.2 Å². The van der Waals surface area contributed by atoms with Crippen molar-refractivity contribution in [3.8, 4) is 0 Å². The molecule has 0 spiro atoms. The Bertz CT molecular complexity index is 604. The molecule has 0 unspecified atom stereocenters.